The predicted molar refractivity (Wildman–Crippen MR) is 115 cm³/mol. The standard InChI is InChI=1S/C20H19ClFN3O3S2/c21-14-7-12(22)6-5-11(14)8-23-19-18-13-3-1-2-4-15(13)29-20(18)25-16(24-19)9-30(28)10-17(26)27/h5-7H,1-4,8-10H2,(H,26,27)(H,23,24,25)/p-1. The van der Waals surface area contributed by atoms with Crippen molar-refractivity contribution in [2.75, 3.05) is 11.1 Å². The molecule has 0 saturated heterocycles. The van der Waals surface area contributed by atoms with Gasteiger partial charge < -0.3 is 15.2 Å². The Morgan fingerprint density at radius 2 is 2.10 bits per heavy atom. The Morgan fingerprint density at radius 3 is 2.87 bits per heavy atom. The van der Waals surface area contributed by atoms with Gasteiger partial charge in [-0.05, 0) is 48.9 Å². The number of rotatable bonds is 7. The lowest BCUT2D eigenvalue weighted by atomic mass is 9.97. The molecule has 0 fully saturated rings. The van der Waals surface area contributed by atoms with Crippen molar-refractivity contribution in [1.82, 2.24) is 9.97 Å². The molecule has 1 aliphatic carbocycles. The second-order valence-corrected chi connectivity index (χ2v) is 10.0. The second-order valence-electron chi connectivity index (χ2n) is 7.07. The lowest BCUT2D eigenvalue weighted by molar-refractivity contribution is -0.301. The fraction of sp³-hybridized carbons (Fsp3) is 0.350. The third-order valence-corrected chi connectivity index (χ3v) is 7.57. The first-order valence-corrected chi connectivity index (χ1v) is 12.1. The number of carbonyl (C=O) groups is 1. The van der Waals surface area contributed by atoms with Crippen LogP contribution in [0.2, 0.25) is 5.02 Å². The van der Waals surface area contributed by atoms with Crippen LogP contribution in [0.4, 0.5) is 10.2 Å². The number of carboxylic acids is 1. The zero-order valence-electron chi connectivity index (χ0n) is 15.9. The molecule has 1 aromatic carbocycles. The summed E-state index contributed by atoms with van der Waals surface area (Å²) in [5.41, 5.74) is 1.95. The third kappa shape index (κ3) is 4.63. The van der Waals surface area contributed by atoms with Gasteiger partial charge in [0.1, 0.15) is 22.3 Å². The molecule has 0 spiro atoms. The number of aromatic nitrogens is 2. The first kappa shape index (κ1) is 21.1. The van der Waals surface area contributed by atoms with Crippen molar-refractivity contribution >= 4 is 55.7 Å². The number of hydrogen-bond acceptors (Lipinski definition) is 7. The summed E-state index contributed by atoms with van der Waals surface area (Å²) in [5, 5.41) is 15.3. The second kappa shape index (κ2) is 8.95. The number of carboxylic acid groups (broad SMARTS) is 1. The highest BCUT2D eigenvalue weighted by Crippen LogP contribution is 2.39. The molecular formula is C20H18ClFN3O3S2-. The highest BCUT2D eigenvalue weighted by atomic mass is 35.5. The van der Waals surface area contributed by atoms with Gasteiger partial charge in [0.2, 0.25) is 0 Å². The van der Waals surface area contributed by atoms with Gasteiger partial charge in [-0.3, -0.25) is 4.21 Å². The number of nitrogens with one attached hydrogen (secondary N) is 1. The van der Waals surface area contributed by atoms with Crippen molar-refractivity contribution < 1.29 is 18.5 Å². The fourth-order valence-corrected chi connectivity index (χ4v) is 5.86. The van der Waals surface area contributed by atoms with E-state index >= 15 is 0 Å². The summed E-state index contributed by atoms with van der Waals surface area (Å²) in [6.45, 7) is 0.331. The lowest BCUT2D eigenvalue weighted by Gasteiger charge is -2.14. The minimum atomic E-state index is -1.66. The zero-order chi connectivity index (χ0) is 21.3. The molecule has 30 heavy (non-hydrogen) atoms. The van der Waals surface area contributed by atoms with Gasteiger partial charge in [0.15, 0.2) is 0 Å². The van der Waals surface area contributed by atoms with Gasteiger partial charge in [0.25, 0.3) is 0 Å². The molecule has 0 radical (unpaired) electrons. The number of thiophene rings is 1. The number of benzene rings is 1. The summed E-state index contributed by atoms with van der Waals surface area (Å²) in [5.74, 6) is -1.49. The smallest absolute Gasteiger partial charge is 0.144 e. The first-order valence-electron chi connectivity index (χ1n) is 9.44. The monoisotopic (exact) mass is 466 g/mol. The molecule has 0 amide bonds. The van der Waals surface area contributed by atoms with Crippen LogP contribution in [0.5, 0.6) is 0 Å². The maximum atomic E-state index is 13.3. The van der Waals surface area contributed by atoms with E-state index in [-0.39, 0.29) is 5.75 Å². The van der Waals surface area contributed by atoms with E-state index in [1.165, 1.54) is 22.6 Å². The molecule has 0 aliphatic heterocycles. The Morgan fingerprint density at radius 1 is 1.30 bits per heavy atom. The number of halogens is 2. The van der Waals surface area contributed by atoms with Gasteiger partial charge >= 0.3 is 0 Å². The van der Waals surface area contributed by atoms with Crippen LogP contribution in [0.25, 0.3) is 10.2 Å². The number of carbonyl (C=O) groups excluding carboxylic acids is 1. The van der Waals surface area contributed by atoms with E-state index in [1.807, 2.05) is 0 Å². The van der Waals surface area contributed by atoms with E-state index < -0.39 is 28.3 Å². The van der Waals surface area contributed by atoms with Crippen molar-refractivity contribution in [1.29, 1.82) is 0 Å². The van der Waals surface area contributed by atoms with Crippen LogP contribution in [0, 0.1) is 5.82 Å². The topological polar surface area (TPSA) is 95.0 Å². The summed E-state index contributed by atoms with van der Waals surface area (Å²) >= 11 is 7.75. The van der Waals surface area contributed by atoms with Gasteiger partial charge in [-0.2, -0.15) is 0 Å². The van der Waals surface area contributed by atoms with Crippen molar-refractivity contribution in [2.24, 2.45) is 0 Å². The molecule has 10 heteroatoms. The summed E-state index contributed by atoms with van der Waals surface area (Å²) in [7, 11) is -1.66. The predicted octanol–water partition coefficient (Wildman–Crippen LogP) is 2.97. The molecule has 3 aromatic rings. The van der Waals surface area contributed by atoms with Gasteiger partial charge in [-0.25, -0.2) is 14.4 Å². The Kier molecular flexibility index (Phi) is 6.31. The molecule has 1 aliphatic rings. The lowest BCUT2D eigenvalue weighted by Crippen LogP contribution is -2.28. The Balaban J connectivity index is 1.70. The van der Waals surface area contributed by atoms with Crippen molar-refractivity contribution in [3.05, 3.63) is 50.9 Å². The third-order valence-electron chi connectivity index (χ3n) is 4.89. The van der Waals surface area contributed by atoms with Crippen LogP contribution in [0.15, 0.2) is 18.2 Å². The molecule has 1 N–H and O–H groups in total. The summed E-state index contributed by atoms with van der Waals surface area (Å²) in [6, 6.07) is 4.22. The number of fused-ring (bicyclic) bond motifs is 3. The summed E-state index contributed by atoms with van der Waals surface area (Å²) in [4.78, 5) is 21.9. The number of anilines is 1. The number of hydrogen-bond donors (Lipinski definition) is 1. The van der Waals surface area contributed by atoms with Gasteiger partial charge in [-0.1, -0.05) is 17.7 Å². The van der Waals surface area contributed by atoms with Crippen LogP contribution < -0.4 is 10.4 Å². The average Bonchev–Trinajstić information content (AvgIpc) is 3.04. The van der Waals surface area contributed by atoms with E-state index in [1.54, 1.807) is 17.4 Å². The summed E-state index contributed by atoms with van der Waals surface area (Å²) < 4.78 is 25.4. The van der Waals surface area contributed by atoms with E-state index in [9.17, 15) is 18.5 Å². The normalized spacial score (nSPS) is 14.5. The van der Waals surface area contributed by atoms with Crippen LogP contribution in [0.1, 0.15) is 34.7 Å². The molecule has 2 heterocycles. The molecule has 0 bridgehead atoms. The minimum Gasteiger partial charge on any atom is -0.549 e. The Labute approximate surface area is 184 Å². The first-order chi connectivity index (χ1) is 14.4. The van der Waals surface area contributed by atoms with Crippen molar-refractivity contribution in [3.63, 3.8) is 0 Å². The van der Waals surface area contributed by atoms with E-state index in [0.717, 1.165) is 41.5 Å². The van der Waals surface area contributed by atoms with Crippen LogP contribution in [-0.2, 0) is 40.7 Å². The van der Waals surface area contributed by atoms with E-state index in [4.69, 9.17) is 11.6 Å². The van der Waals surface area contributed by atoms with E-state index in [2.05, 4.69) is 15.3 Å². The molecule has 6 nitrogen and oxygen atoms in total. The Hall–Kier alpha value is -2.10. The molecule has 2 aromatic heterocycles. The quantitative estimate of drug-likeness (QED) is 0.575. The van der Waals surface area contributed by atoms with Crippen LogP contribution in [-0.4, -0.2) is 25.9 Å². The number of aliphatic carboxylic acids is 1. The number of aryl methyl sites for hydroxylation is 2. The Bertz CT molecular complexity index is 1150. The van der Waals surface area contributed by atoms with Gasteiger partial charge in [-0.15, -0.1) is 11.3 Å². The highest BCUT2D eigenvalue weighted by molar-refractivity contribution is 7.84. The minimum absolute atomic E-state index is 0.0710. The largest absolute Gasteiger partial charge is 0.549 e. The maximum Gasteiger partial charge on any atom is 0.144 e. The average molecular weight is 467 g/mol. The maximum absolute atomic E-state index is 13.3. The zero-order valence-corrected chi connectivity index (χ0v) is 18.3. The van der Waals surface area contributed by atoms with Gasteiger partial charge in [0, 0.05) is 27.2 Å². The summed E-state index contributed by atoms with van der Waals surface area (Å²) in [6.07, 6.45) is 4.16. The SMILES string of the molecule is O=C([O-])CS(=O)Cc1nc(NCc2ccc(F)cc2Cl)c2c3c(sc2n1)CCCC3. The number of nitrogens with zero attached hydrogens (tertiary/aromatic N) is 2. The van der Waals surface area contributed by atoms with Crippen molar-refractivity contribution in [2.45, 2.75) is 38.0 Å². The highest BCUT2D eigenvalue weighted by Gasteiger charge is 2.22. The molecule has 1 unspecified atom stereocenters. The molecular weight excluding hydrogens is 449 g/mol. The molecule has 1 atom stereocenters. The van der Waals surface area contributed by atoms with Crippen LogP contribution >= 0.6 is 22.9 Å². The van der Waals surface area contributed by atoms with Gasteiger partial charge in [0.05, 0.1) is 22.9 Å². The van der Waals surface area contributed by atoms with E-state index in [0.29, 0.717) is 23.2 Å². The van der Waals surface area contributed by atoms with Crippen LogP contribution in [0.3, 0.4) is 0 Å². The molecule has 0 saturated carbocycles. The fourth-order valence-electron chi connectivity index (χ4n) is 3.56. The molecule has 4 rings (SSSR count). The molecule has 158 valence electrons. The van der Waals surface area contributed by atoms with Crippen molar-refractivity contribution in [3.8, 4) is 0 Å².